The van der Waals surface area contributed by atoms with Gasteiger partial charge >= 0.3 is 5.97 Å². The Kier molecular flexibility index (Phi) is 6.80. The molecule has 1 aromatic carbocycles. The molecule has 0 atom stereocenters. The molecule has 2 rings (SSSR count). The minimum atomic E-state index is -0.513. The zero-order chi connectivity index (χ0) is 17.4. The highest BCUT2D eigenvalue weighted by atomic mass is 32.2. The maximum absolute atomic E-state index is 13.3. The van der Waals surface area contributed by atoms with Crippen LogP contribution in [0.1, 0.15) is 13.3 Å². The Morgan fingerprint density at radius 3 is 3.00 bits per heavy atom. The van der Waals surface area contributed by atoms with E-state index >= 15 is 0 Å². The van der Waals surface area contributed by atoms with Gasteiger partial charge in [-0.1, -0.05) is 24.8 Å². The molecule has 0 unspecified atom stereocenters. The third-order valence-electron chi connectivity index (χ3n) is 2.95. The van der Waals surface area contributed by atoms with Gasteiger partial charge in [0.25, 0.3) is 5.91 Å². The molecule has 1 aromatic heterocycles. The van der Waals surface area contributed by atoms with Gasteiger partial charge in [0.2, 0.25) is 0 Å². The highest BCUT2D eigenvalue weighted by Crippen LogP contribution is 2.20. The molecule has 1 amide bonds. The Labute approximate surface area is 143 Å². The molecule has 0 bridgehead atoms. The smallest absolute Gasteiger partial charge is 0.316 e. The van der Waals surface area contributed by atoms with Gasteiger partial charge in [0.1, 0.15) is 5.82 Å². The lowest BCUT2D eigenvalue weighted by Crippen LogP contribution is -2.29. The van der Waals surface area contributed by atoms with Crippen molar-refractivity contribution in [2.24, 2.45) is 0 Å². The van der Waals surface area contributed by atoms with E-state index in [0.29, 0.717) is 17.4 Å². The molecule has 0 saturated carbocycles. The van der Waals surface area contributed by atoms with E-state index in [4.69, 9.17) is 4.74 Å². The van der Waals surface area contributed by atoms with Crippen molar-refractivity contribution in [1.29, 1.82) is 0 Å². The molecular weight excluding hydrogens is 333 g/mol. The van der Waals surface area contributed by atoms with Crippen LogP contribution in [0.5, 0.6) is 0 Å². The minimum absolute atomic E-state index is 0.00733. The van der Waals surface area contributed by atoms with E-state index in [1.54, 1.807) is 29.1 Å². The average molecular weight is 351 g/mol. The second kappa shape index (κ2) is 9.07. The molecule has 1 heterocycles. The summed E-state index contributed by atoms with van der Waals surface area (Å²) in [4.78, 5) is 27.2. The Bertz CT molecular complexity index is 705. The maximum Gasteiger partial charge on any atom is 0.316 e. The van der Waals surface area contributed by atoms with Crippen LogP contribution in [0.3, 0.4) is 0 Å². The van der Waals surface area contributed by atoms with E-state index < -0.39 is 5.97 Å². The molecule has 0 saturated heterocycles. The van der Waals surface area contributed by atoms with Crippen LogP contribution in [0.15, 0.2) is 41.8 Å². The summed E-state index contributed by atoms with van der Waals surface area (Å²) in [5, 5.41) is 3.15. The fraction of sp³-hybridized carbons (Fsp3) is 0.312. The second-order valence-corrected chi connectivity index (χ2v) is 5.80. The number of imidazole rings is 1. The van der Waals surface area contributed by atoms with Gasteiger partial charge in [-0.05, 0) is 24.6 Å². The molecule has 0 radical (unpaired) electrons. The van der Waals surface area contributed by atoms with E-state index in [1.807, 2.05) is 6.92 Å². The lowest BCUT2D eigenvalue weighted by atomic mass is 10.3. The normalized spacial score (nSPS) is 10.4. The van der Waals surface area contributed by atoms with Gasteiger partial charge < -0.3 is 10.1 Å². The molecule has 0 aliphatic heterocycles. The number of carbonyl (C=O) groups is 2. The lowest BCUT2D eigenvalue weighted by molar-refractivity contribution is -0.145. The number of carbonyl (C=O) groups excluding carboxylic acids is 2. The van der Waals surface area contributed by atoms with Crippen molar-refractivity contribution in [3.05, 3.63) is 42.5 Å². The number of benzene rings is 1. The van der Waals surface area contributed by atoms with E-state index in [-0.39, 0.29) is 24.1 Å². The van der Waals surface area contributed by atoms with E-state index in [2.05, 4.69) is 10.3 Å². The molecular formula is C16H18FN3O3S. The van der Waals surface area contributed by atoms with Gasteiger partial charge in [-0.25, -0.2) is 9.37 Å². The molecule has 1 N–H and O–H groups in total. The van der Waals surface area contributed by atoms with Gasteiger partial charge in [0, 0.05) is 18.9 Å². The number of nitrogens with zero attached hydrogens (tertiary/aromatic N) is 2. The molecule has 8 heteroatoms. The number of aromatic nitrogens is 2. The fourth-order valence-electron chi connectivity index (χ4n) is 1.85. The number of ether oxygens (including phenoxy) is 1. The summed E-state index contributed by atoms with van der Waals surface area (Å²) < 4.78 is 19.9. The third-order valence-corrected chi connectivity index (χ3v) is 3.89. The summed E-state index contributed by atoms with van der Waals surface area (Å²) in [5.41, 5.74) is 0.613. The van der Waals surface area contributed by atoms with Crippen molar-refractivity contribution in [2.75, 3.05) is 18.9 Å². The van der Waals surface area contributed by atoms with Gasteiger partial charge in [0.05, 0.1) is 11.4 Å². The number of hydrogen-bond donors (Lipinski definition) is 1. The summed E-state index contributed by atoms with van der Waals surface area (Å²) in [6.45, 7) is 2.19. The SMILES string of the molecule is CCCNC(=O)COC(=O)CSc1nccn1-c1cccc(F)c1. The van der Waals surface area contributed by atoms with Crippen LogP contribution in [0.2, 0.25) is 0 Å². The zero-order valence-electron chi connectivity index (χ0n) is 13.2. The number of hydrogen-bond acceptors (Lipinski definition) is 5. The highest BCUT2D eigenvalue weighted by Gasteiger charge is 2.11. The molecule has 0 aliphatic carbocycles. The fourth-order valence-corrected chi connectivity index (χ4v) is 2.62. The van der Waals surface area contributed by atoms with Crippen molar-refractivity contribution in [3.63, 3.8) is 0 Å². The molecule has 6 nitrogen and oxygen atoms in total. The predicted molar refractivity (Wildman–Crippen MR) is 88.5 cm³/mol. The topological polar surface area (TPSA) is 73.2 Å². The molecule has 24 heavy (non-hydrogen) atoms. The van der Waals surface area contributed by atoms with Crippen molar-refractivity contribution < 1.29 is 18.7 Å². The van der Waals surface area contributed by atoms with Crippen molar-refractivity contribution in [1.82, 2.24) is 14.9 Å². The average Bonchev–Trinajstić information content (AvgIpc) is 3.04. The lowest BCUT2D eigenvalue weighted by Gasteiger charge is -2.08. The Morgan fingerprint density at radius 2 is 2.25 bits per heavy atom. The maximum atomic E-state index is 13.3. The Morgan fingerprint density at radius 1 is 1.42 bits per heavy atom. The number of rotatable bonds is 8. The molecule has 0 spiro atoms. The van der Waals surface area contributed by atoms with Gasteiger partial charge in [-0.3, -0.25) is 14.2 Å². The highest BCUT2D eigenvalue weighted by molar-refractivity contribution is 7.99. The van der Waals surface area contributed by atoms with Crippen molar-refractivity contribution >= 4 is 23.6 Å². The van der Waals surface area contributed by atoms with Crippen LogP contribution in [0, 0.1) is 5.82 Å². The first-order chi connectivity index (χ1) is 11.6. The van der Waals surface area contributed by atoms with E-state index in [9.17, 15) is 14.0 Å². The van der Waals surface area contributed by atoms with Crippen molar-refractivity contribution in [2.45, 2.75) is 18.5 Å². The van der Waals surface area contributed by atoms with Gasteiger partial charge in [0.15, 0.2) is 11.8 Å². The quantitative estimate of drug-likeness (QED) is 0.583. The number of amides is 1. The number of halogens is 1. The Balaban J connectivity index is 1.86. The summed E-state index contributed by atoms with van der Waals surface area (Å²) in [6, 6.07) is 6.07. The van der Waals surface area contributed by atoms with Crippen LogP contribution in [0.4, 0.5) is 4.39 Å². The molecule has 0 fully saturated rings. The number of thioether (sulfide) groups is 1. The first-order valence-electron chi connectivity index (χ1n) is 7.44. The standard InChI is InChI=1S/C16H18FN3O3S/c1-2-6-18-14(21)10-23-15(22)11-24-16-19-7-8-20(16)13-5-3-4-12(17)9-13/h3-5,7-9H,2,6,10-11H2,1H3,(H,18,21). The molecule has 128 valence electrons. The summed E-state index contributed by atoms with van der Waals surface area (Å²) >= 11 is 1.16. The summed E-state index contributed by atoms with van der Waals surface area (Å²) in [6.07, 6.45) is 4.07. The number of esters is 1. The summed E-state index contributed by atoms with van der Waals surface area (Å²) in [7, 11) is 0. The van der Waals surface area contributed by atoms with E-state index in [1.165, 1.54) is 12.1 Å². The first-order valence-corrected chi connectivity index (χ1v) is 8.43. The van der Waals surface area contributed by atoms with Crippen LogP contribution in [-0.2, 0) is 14.3 Å². The monoisotopic (exact) mass is 351 g/mol. The van der Waals surface area contributed by atoms with E-state index in [0.717, 1.165) is 18.2 Å². The van der Waals surface area contributed by atoms with Gasteiger partial charge in [-0.2, -0.15) is 0 Å². The van der Waals surface area contributed by atoms with Crippen LogP contribution < -0.4 is 5.32 Å². The first kappa shape index (κ1) is 18.0. The third kappa shape index (κ3) is 5.38. The van der Waals surface area contributed by atoms with Crippen LogP contribution in [0.25, 0.3) is 5.69 Å². The molecule has 2 aromatic rings. The Hall–Kier alpha value is -2.35. The largest absolute Gasteiger partial charge is 0.455 e. The van der Waals surface area contributed by atoms with Gasteiger partial charge in [-0.15, -0.1) is 0 Å². The number of nitrogens with one attached hydrogen (secondary N) is 1. The van der Waals surface area contributed by atoms with Crippen molar-refractivity contribution in [3.8, 4) is 5.69 Å². The minimum Gasteiger partial charge on any atom is -0.455 e. The van der Waals surface area contributed by atoms with Crippen LogP contribution in [-0.4, -0.2) is 40.3 Å². The predicted octanol–water partition coefficient (Wildman–Crippen LogP) is 2.17. The summed E-state index contributed by atoms with van der Waals surface area (Å²) in [5.74, 6) is -1.18. The van der Waals surface area contributed by atoms with Crippen LogP contribution >= 0.6 is 11.8 Å². The second-order valence-electron chi connectivity index (χ2n) is 4.86. The zero-order valence-corrected chi connectivity index (χ0v) is 14.0. The molecule has 0 aliphatic rings.